The molecule has 9 nitrogen and oxygen atoms in total. The van der Waals surface area contributed by atoms with E-state index in [1.807, 2.05) is 0 Å². The molecule has 17 heavy (non-hydrogen) atoms. The molecule has 0 aliphatic heterocycles. The Morgan fingerprint density at radius 2 is 1.76 bits per heavy atom. The summed E-state index contributed by atoms with van der Waals surface area (Å²) in [6, 6.07) is 0. The van der Waals surface area contributed by atoms with Gasteiger partial charge in [0.2, 0.25) is 5.69 Å². The zero-order valence-electron chi connectivity index (χ0n) is 9.92. The summed E-state index contributed by atoms with van der Waals surface area (Å²) in [7, 11) is 1.29. The lowest BCUT2D eigenvalue weighted by molar-refractivity contribution is -0.393. The monoisotopic (exact) mass is 243 g/mol. The van der Waals surface area contributed by atoms with E-state index in [-0.39, 0.29) is 5.69 Å². The summed E-state index contributed by atoms with van der Waals surface area (Å²) >= 11 is 0. The van der Waals surface area contributed by atoms with Crippen molar-refractivity contribution in [2.24, 2.45) is 7.05 Å². The molecule has 0 bridgehead atoms. The first-order chi connectivity index (χ1) is 7.63. The summed E-state index contributed by atoms with van der Waals surface area (Å²) in [6.45, 7) is 5.23. The highest BCUT2D eigenvalue weighted by atomic mass is 16.6. The molecule has 1 aromatic heterocycles. The van der Waals surface area contributed by atoms with Crippen molar-refractivity contribution in [3.8, 4) is 0 Å². The molecule has 0 radical (unpaired) electrons. The number of hydrogen-bond donors (Lipinski definition) is 1. The maximum atomic E-state index is 10.8. The van der Waals surface area contributed by atoms with Crippen molar-refractivity contribution in [1.29, 1.82) is 0 Å². The SMILES string of the molecule is Cn1nc([N+](=O)[O-])c(NC(C)(C)C)c1[N+](=O)[O-]. The van der Waals surface area contributed by atoms with Crippen LogP contribution < -0.4 is 5.32 Å². The van der Waals surface area contributed by atoms with E-state index in [4.69, 9.17) is 0 Å². The lowest BCUT2D eigenvalue weighted by Gasteiger charge is -2.19. The van der Waals surface area contributed by atoms with Crippen LogP contribution in [0.2, 0.25) is 0 Å². The number of nitrogens with zero attached hydrogens (tertiary/aromatic N) is 4. The topological polar surface area (TPSA) is 116 Å². The Hall–Kier alpha value is -2.19. The Balaban J connectivity index is 3.41. The van der Waals surface area contributed by atoms with Gasteiger partial charge in [-0.15, -0.1) is 0 Å². The Bertz CT molecular complexity index is 473. The van der Waals surface area contributed by atoms with Crippen molar-refractivity contribution in [1.82, 2.24) is 9.78 Å². The van der Waals surface area contributed by atoms with Crippen LogP contribution in [0.15, 0.2) is 0 Å². The molecule has 1 heterocycles. The van der Waals surface area contributed by atoms with E-state index < -0.39 is 27.0 Å². The van der Waals surface area contributed by atoms with Crippen molar-refractivity contribution >= 4 is 17.3 Å². The minimum atomic E-state index is -0.749. The Morgan fingerprint density at radius 3 is 2.12 bits per heavy atom. The molecule has 0 aliphatic carbocycles. The van der Waals surface area contributed by atoms with Crippen molar-refractivity contribution in [2.45, 2.75) is 26.3 Å². The van der Waals surface area contributed by atoms with Gasteiger partial charge in [0, 0.05) is 5.54 Å². The maximum absolute atomic E-state index is 10.8. The third-order valence-electron chi connectivity index (χ3n) is 1.84. The molecule has 0 unspecified atom stereocenters. The largest absolute Gasteiger partial charge is 0.443 e. The highest BCUT2D eigenvalue weighted by Crippen LogP contribution is 2.34. The van der Waals surface area contributed by atoms with Crippen molar-refractivity contribution in [3.05, 3.63) is 20.2 Å². The first-order valence-electron chi connectivity index (χ1n) is 4.77. The summed E-state index contributed by atoms with van der Waals surface area (Å²) in [4.78, 5) is 20.2. The number of rotatable bonds is 3. The fraction of sp³-hybridized carbons (Fsp3) is 0.625. The lowest BCUT2D eigenvalue weighted by Crippen LogP contribution is -2.26. The molecule has 0 fully saturated rings. The zero-order valence-corrected chi connectivity index (χ0v) is 9.92. The summed E-state index contributed by atoms with van der Waals surface area (Å²) < 4.78 is 0.881. The van der Waals surface area contributed by atoms with E-state index in [0.29, 0.717) is 0 Å². The normalized spacial score (nSPS) is 11.3. The summed E-state index contributed by atoms with van der Waals surface area (Å²) in [5, 5.41) is 27.9. The van der Waals surface area contributed by atoms with E-state index in [9.17, 15) is 20.2 Å². The molecule has 1 rings (SSSR count). The van der Waals surface area contributed by atoms with Gasteiger partial charge in [0.05, 0.1) is 0 Å². The fourth-order valence-electron chi connectivity index (χ4n) is 1.33. The minimum Gasteiger partial charge on any atom is -0.366 e. The van der Waals surface area contributed by atoms with Gasteiger partial charge < -0.3 is 25.5 Å². The van der Waals surface area contributed by atoms with Crippen LogP contribution in [0.5, 0.6) is 0 Å². The van der Waals surface area contributed by atoms with Crippen molar-refractivity contribution < 1.29 is 9.85 Å². The maximum Gasteiger partial charge on any atom is 0.443 e. The van der Waals surface area contributed by atoms with Crippen LogP contribution in [0.25, 0.3) is 0 Å². The third-order valence-corrected chi connectivity index (χ3v) is 1.84. The molecule has 0 aliphatic rings. The molecule has 94 valence electrons. The van der Waals surface area contributed by atoms with Gasteiger partial charge >= 0.3 is 11.6 Å². The second kappa shape index (κ2) is 4.00. The predicted molar refractivity (Wildman–Crippen MR) is 59.9 cm³/mol. The number of nitrogens with one attached hydrogen (secondary N) is 1. The van der Waals surface area contributed by atoms with E-state index in [2.05, 4.69) is 10.4 Å². The Labute approximate surface area is 96.7 Å². The van der Waals surface area contributed by atoms with Gasteiger partial charge in [-0.2, -0.15) is 0 Å². The van der Waals surface area contributed by atoms with E-state index in [0.717, 1.165) is 4.68 Å². The fourth-order valence-corrected chi connectivity index (χ4v) is 1.33. The Morgan fingerprint density at radius 1 is 1.24 bits per heavy atom. The number of hydrogen-bond acceptors (Lipinski definition) is 6. The number of anilines is 1. The van der Waals surface area contributed by atoms with Gasteiger partial charge in [-0.3, -0.25) is 0 Å². The molecule has 0 atom stereocenters. The molecule has 0 aromatic carbocycles. The summed E-state index contributed by atoms with van der Waals surface area (Å²) in [5.41, 5.74) is -0.714. The second-order valence-electron chi connectivity index (χ2n) is 4.54. The van der Waals surface area contributed by atoms with Crippen molar-refractivity contribution in [3.63, 3.8) is 0 Å². The van der Waals surface area contributed by atoms with Gasteiger partial charge in [-0.1, -0.05) is 0 Å². The number of nitro groups is 2. The van der Waals surface area contributed by atoms with Crippen LogP contribution in [0.1, 0.15) is 20.8 Å². The molecular formula is C8H13N5O4. The molecule has 9 heteroatoms. The molecule has 0 saturated heterocycles. The van der Waals surface area contributed by atoms with Crippen LogP contribution in [0, 0.1) is 20.2 Å². The van der Waals surface area contributed by atoms with Gasteiger partial charge in [0.25, 0.3) is 0 Å². The van der Waals surface area contributed by atoms with Crippen molar-refractivity contribution in [2.75, 3.05) is 5.32 Å². The minimum absolute atomic E-state index is 0.171. The van der Waals surface area contributed by atoms with Gasteiger partial charge in [0.15, 0.2) is 5.10 Å². The highest BCUT2D eigenvalue weighted by molar-refractivity contribution is 5.69. The zero-order chi connectivity index (χ0) is 13.4. The molecule has 0 saturated carbocycles. The van der Waals surface area contributed by atoms with Gasteiger partial charge in [-0.05, 0) is 35.3 Å². The van der Waals surface area contributed by atoms with E-state index in [1.165, 1.54) is 7.05 Å². The van der Waals surface area contributed by atoms with Crippen LogP contribution in [0.4, 0.5) is 17.3 Å². The van der Waals surface area contributed by atoms with Crippen LogP contribution in [-0.4, -0.2) is 25.2 Å². The predicted octanol–water partition coefficient (Wildman–Crippen LogP) is 1.45. The lowest BCUT2D eigenvalue weighted by atomic mass is 10.1. The van der Waals surface area contributed by atoms with Crippen LogP contribution in [0.3, 0.4) is 0 Å². The average molecular weight is 243 g/mol. The highest BCUT2D eigenvalue weighted by Gasteiger charge is 2.36. The summed E-state index contributed by atoms with van der Waals surface area (Å²) in [5.74, 6) is -0.972. The van der Waals surface area contributed by atoms with Crippen LogP contribution >= 0.6 is 0 Å². The second-order valence-corrected chi connectivity index (χ2v) is 4.54. The molecule has 1 aromatic rings. The first kappa shape index (κ1) is 12.9. The number of aryl methyl sites for hydroxylation is 1. The quantitative estimate of drug-likeness (QED) is 0.634. The Kier molecular flexibility index (Phi) is 3.03. The van der Waals surface area contributed by atoms with E-state index >= 15 is 0 Å². The summed E-state index contributed by atoms with van der Waals surface area (Å²) in [6.07, 6.45) is 0. The smallest absolute Gasteiger partial charge is 0.366 e. The molecule has 1 N–H and O–H groups in total. The van der Waals surface area contributed by atoms with Crippen LogP contribution in [-0.2, 0) is 7.05 Å². The van der Waals surface area contributed by atoms with Gasteiger partial charge in [0.1, 0.15) is 7.05 Å². The molecule has 0 amide bonds. The van der Waals surface area contributed by atoms with Gasteiger partial charge in [-0.25, -0.2) is 0 Å². The molecular weight excluding hydrogens is 230 g/mol. The average Bonchev–Trinajstić information content (AvgIpc) is 2.39. The molecule has 0 spiro atoms. The van der Waals surface area contributed by atoms with E-state index in [1.54, 1.807) is 20.8 Å². The number of aromatic nitrogens is 2. The first-order valence-corrected chi connectivity index (χ1v) is 4.77. The third kappa shape index (κ3) is 2.68. The standard InChI is InChI=1S/C8H13N5O4/c1-8(2,3)9-5-6(12(14)15)10-11(4)7(5)13(16)17/h9H,1-4H3.